The molecule has 1 aliphatic rings. The lowest BCUT2D eigenvalue weighted by molar-refractivity contribution is -0.926. The van der Waals surface area contributed by atoms with E-state index in [0.29, 0.717) is 12.1 Å². The minimum atomic E-state index is 0. The van der Waals surface area contributed by atoms with E-state index in [0.717, 1.165) is 6.54 Å². The van der Waals surface area contributed by atoms with Crippen LogP contribution in [0.5, 0.6) is 0 Å². The normalized spacial score (nSPS) is 29.8. The summed E-state index contributed by atoms with van der Waals surface area (Å²) in [6, 6.07) is 1.21. The van der Waals surface area contributed by atoms with Crippen LogP contribution >= 0.6 is 11.6 Å². The predicted molar refractivity (Wildman–Crippen MR) is 52.4 cm³/mol. The van der Waals surface area contributed by atoms with Crippen molar-refractivity contribution in [2.24, 2.45) is 0 Å². The molecule has 13 heavy (non-hydrogen) atoms. The Morgan fingerprint density at radius 1 is 1.31 bits per heavy atom. The molecule has 1 heterocycles. The van der Waals surface area contributed by atoms with Crippen LogP contribution < -0.4 is 17.3 Å². The van der Waals surface area contributed by atoms with Crippen LogP contribution in [0.2, 0.25) is 0 Å². The molecule has 0 aromatic rings. The monoisotopic (exact) mass is 226 g/mol. The largest absolute Gasteiger partial charge is 1.00 e. The highest BCUT2D eigenvalue weighted by atomic mass is 35.5. The van der Waals surface area contributed by atoms with Gasteiger partial charge in [-0.1, -0.05) is 0 Å². The number of nitrogens with zero attached hydrogens (tertiary/aromatic N) is 1. The van der Waals surface area contributed by atoms with E-state index in [1.54, 1.807) is 0 Å². The molecule has 0 aromatic carbocycles. The van der Waals surface area contributed by atoms with Crippen LogP contribution in [0.15, 0.2) is 0 Å². The molecule has 0 aliphatic carbocycles. The van der Waals surface area contributed by atoms with Gasteiger partial charge in [-0.2, -0.15) is 0 Å². The number of nitrogens with one attached hydrogen (secondary N) is 1. The van der Waals surface area contributed by atoms with Crippen molar-refractivity contribution in [2.75, 3.05) is 13.1 Å². The summed E-state index contributed by atoms with van der Waals surface area (Å²) in [5, 5.41) is 0. The number of rotatable bonds is 2. The zero-order valence-electron chi connectivity index (χ0n) is 8.85. The highest BCUT2D eigenvalue weighted by molar-refractivity contribution is 6.19. The molecule has 0 radical (unpaired) electrons. The number of hydrogen-bond acceptors (Lipinski definition) is 1. The van der Waals surface area contributed by atoms with Crippen molar-refractivity contribution >= 4 is 11.6 Å². The number of halogens is 2. The minimum absolute atomic E-state index is 0. The lowest BCUT2D eigenvalue weighted by Gasteiger charge is -2.26. The van der Waals surface area contributed by atoms with Crippen molar-refractivity contribution in [1.82, 2.24) is 4.90 Å². The van der Waals surface area contributed by atoms with E-state index in [-0.39, 0.29) is 18.0 Å². The van der Waals surface area contributed by atoms with Gasteiger partial charge >= 0.3 is 0 Å². The third kappa shape index (κ3) is 2.98. The average molecular weight is 227 g/mol. The van der Waals surface area contributed by atoms with E-state index >= 15 is 0 Å². The number of quaternary nitrogens is 1. The molecule has 0 saturated carbocycles. The quantitative estimate of drug-likeness (QED) is 0.406. The van der Waals surface area contributed by atoms with Crippen LogP contribution in [-0.4, -0.2) is 35.7 Å². The Morgan fingerprint density at radius 2 is 1.85 bits per heavy atom. The molecule has 0 spiro atoms. The summed E-state index contributed by atoms with van der Waals surface area (Å²) < 4.78 is 0. The van der Waals surface area contributed by atoms with Crippen molar-refractivity contribution in [2.45, 2.75) is 45.4 Å². The summed E-state index contributed by atoms with van der Waals surface area (Å²) in [6.07, 6.45) is 0. The zero-order valence-corrected chi connectivity index (χ0v) is 10.4. The second kappa shape index (κ2) is 5.40. The van der Waals surface area contributed by atoms with Crippen LogP contribution in [0.25, 0.3) is 0 Å². The third-order valence-electron chi connectivity index (χ3n) is 2.66. The Hall–Kier alpha value is 0.500. The van der Waals surface area contributed by atoms with Gasteiger partial charge in [-0.25, -0.2) is 4.90 Å². The highest BCUT2D eigenvalue weighted by Gasteiger charge is 2.36. The fourth-order valence-corrected chi connectivity index (χ4v) is 2.47. The topological polar surface area (TPSA) is 7.68 Å². The van der Waals surface area contributed by atoms with Gasteiger partial charge in [0.05, 0.1) is 19.1 Å². The first-order chi connectivity index (χ1) is 5.54. The van der Waals surface area contributed by atoms with Crippen LogP contribution in [0, 0.1) is 0 Å². The fourth-order valence-electron chi connectivity index (χ4n) is 1.79. The molecule has 4 heteroatoms. The van der Waals surface area contributed by atoms with Gasteiger partial charge in [-0.05, 0) is 39.3 Å². The van der Waals surface area contributed by atoms with Gasteiger partial charge in [0, 0.05) is 6.04 Å². The third-order valence-corrected chi connectivity index (χ3v) is 3.19. The standard InChI is InChI=1S/C9H19ClN2.ClH/c1-7(2)11-5-6-12(8(3)4)9(11)10;/h7-9H,5-6H2,1-4H3;1H. The molecule has 80 valence electrons. The summed E-state index contributed by atoms with van der Waals surface area (Å²) in [5.74, 6) is 0. The Labute approximate surface area is 92.6 Å². The fraction of sp³-hybridized carbons (Fsp3) is 1.00. The maximum absolute atomic E-state index is 6.32. The van der Waals surface area contributed by atoms with E-state index < -0.39 is 0 Å². The maximum atomic E-state index is 6.32. The first kappa shape index (κ1) is 13.5. The Balaban J connectivity index is 0.00000144. The molecular formula is C9H20Cl2N2. The predicted octanol–water partition coefficient (Wildman–Crippen LogP) is -2.47. The van der Waals surface area contributed by atoms with Gasteiger partial charge in [0.1, 0.15) is 0 Å². The molecule has 1 saturated heterocycles. The molecular weight excluding hydrogens is 207 g/mol. The number of alkyl halides is 1. The Bertz CT molecular complexity index is 135. The molecule has 1 rings (SSSR count). The molecule has 0 amide bonds. The Kier molecular flexibility index (Phi) is 5.61. The smallest absolute Gasteiger partial charge is 0.222 e. The van der Waals surface area contributed by atoms with Gasteiger partial charge in [0.15, 0.2) is 0 Å². The zero-order chi connectivity index (χ0) is 9.30. The molecule has 1 fully saturated rings. The molecule has 1 aliphatic heterocycles. The first-order valence-electron chi connectivity index (χ1n) is 4.79. The van der Waals surface area contributed by atoms with Gasteiger partial charge in [-0.3, -0.25) is 0 Å². The lowest BCUT2D eigenvalue weighted by Crippen LogP contribution is -3.16. The first-order valence-corrected chi connectivity index (χ1v) is 5.23. The van der Waals surface area contributed by atoms with Crippen LogP contribution in [0.4, 0.5) is 0 Å². The van der Waals surface area contributed by atoms with Crippen molar-refractivity contribution in [3.05, 3.63) is 0 Å². The summed E-state index contributed by atoms with van der Waals surface area (Å²) in [4.78, 5) is 3.86. The summed E-state index contributed by atoms with van der Waals surface area (Å²) in [7, 11) is 0. The van der Waals surface area contributed by atoms with Crippen molar-refractivity contribution in [3.8, 4) is 0 Å². The van der Waals surface area contributed by atoms with Crippen LogP contribution in [0.3, 0.4) is 0 Å². The van der Waals surface area contributed by atoms with Gasteiger partial charge in [0.25, 0.3) is 0 Å². The van der Waals surface area contributed by atoms with E-state index in [9.17, 15) is 0 Å². The van der Waals surface area contributed by atoms with Crippen LogP contribution in [0.1, 0.15) is 27.7 Å². The SMILES string of the molecule is CC(C)N1CC[NH+](C(C)C)C1Cl.[Cl-]. The summed E-state index contributed by atoms with van der Waals surface area (Å²) in [6.45, 7) is 11.2. The van der Waals surface area contributed by atoms with Crippen molar-refractivity contribution in [3.63, 3.8) is 0 Å². The summed E-state index contributed by atoms with van der Waals surface area (Å²) >= 11 is 6.32. The van der Waals surface area contributed by atoms with Gasteiger partial charge < -0.3 is 17.3 Å². The van der Waals surface area contributed by atoms with Crippen LogP contribution in [-0.2, 0) is 0 Å². The maximum Gasteiger partial charge on any atom is 0.222 e. The minimum Gasteiger partial charge on any atom is -1.00 e. The Morgan fingerprint density at radius 3 is 2.08 bits per heavy atom. The molecule has 0 aromatic heterocycles. The van der Waals surface area contributed by atoms with Gasteiger partial charge in [-0.15, -0.1) is 0 Å². The second-order valence-electron chi connectivity index (χ2n) is 4.15. The average Bonchev–Trinajstić information content (AvgIpc) is 2.30. The molecule has 0 bridgehead atoms. The second-order valence-corrected chi connectivity index (χ2v) is 4.56. The number of hydrogen-bond donors (Lipinski definition) is 1. The van der Waals surface area contributed by atoms with E-state index in [1.807, 2.05) is 0 Å². The van der Waals surface area contributed by atoms with E-state index in [2.05, 4.69) is 32.6 Å². The molecule has 2 unspecified atom stereocenters. The highest BCUT2D eigenvalue weighted by Crippen LogP contribution is 2.08. The van der Waals surface area contributed by atoms with Crippen molar-refractivity contribution in [1.29, 1.82) is 0 Å². The molecule has 1 N–H and O–H groups in total. The van der Waals surface area contributed by atoms with Crippen molar-refractivity contribution < 1.29 is 17.3 Å². The summed E-state index contributed by atoms with van der Waals surface area (Å²) in [5.41, 5.74) is 0.185. The van der Waals surface area contributed by atoms with E-state index in [4.69, 9.17) is 11.6 Å². The van der Waals surface area contributed by atoms with Gasteiger partial charge in [0.2, 0.25) is 5.62 Å². The molecule has 2 atom stereocenters. The molecule has 2 nitrogen and oxygen atoms in total. The lowest BCUT2D eigenvalue weighted by atomic mass is 10.3. The van der Waals surface area contributed by atoms with E-state index in [1.165, 1.54) is 11.4 Å².